The monoisotopic (exact) mass is 282 g/mol. The van der Waals surface area contributed by atoms with E-state index in [-0.39, 0.29) is 11.9 Å². The Kier molecular flexibility index (Phi) is 6.26. The summed E-state index contributed by atoms with van der Waals surface area (Å²) in [5, 5.41) is 2.70. The van der Waals surface area contributed by atoms with Crippen molar-refractivity contribution in [1.29, 1.82) is 0 Å². The molecule has 2 aliphatic rings. The summed E-state index contributed by atoms with van der Waals surface area (Å²) >= 11 is 0. The van der Waals surface area contributed by atoms with E-state index in [1.54, 1.807) is 7.05 Å². The molecule has 2 heterocycles. The summed E-state index contributed by atoms with van der Waals surface area (Å²) in [7, 11) is 1.69. The Morgan fingerprint density at radius 3 is 2.45 bits per heavy atom. The molecule has 0 saturated carbocycles. The van der Waals surface area contributed by atoms with E-state index in [1.165, 1.54) is 45.3 Å². The predicted octanol–water partition coefficient (Wildman–Crippen LogP) is 0.258. The molecular formula is C15H30N4O. The van der Waals surface area contributed by atoms with Crippen LogP contribution in [0.3, 0.4) is 0 Å². The molecule has 2 saturated heterocycles. The molecule has 20 heavy (non-hydrogen) atoms. The van der Waals surface area contributed by atoms with E-state index in [1.807, 2.05) is 0 Å². The first kappa shape index (κ1) is 15.7. The molecule has 0 aromatic heterocycles. The van der Waals surface area contributed by atoms with Gasteiger partial charge >= 0.3 is 0 Å². The van der Waals surface area contributed by atoms with Gasteiger partial charge in [-0.1, -0.05) is 0 Å². The highest BCUT2D eigenvalue weighted by molar-refractivity contribution is 5.76. The van der Waals surface area contributed by atoms with Crippen molar-refractivity contribution in [2.24, 2.45) is 11.7 Å². The van der Waals surface area contributed by atoms with E-state index >= 15 is 0 Å². The summed E-state index contributed by atoms with van der Waals surface area (Å²) in [5.41, 5.74) is 5.84. The summed E-state index contributed by atoms with van der Waals surface area (Å²) < 4.78 is 0. The lowest BCUT2D eigenvalue weighted by atomic mass is 9.94. The van der Waals surface area contributed by atoms with E-state index in [0.29, 0.717) is 13.0 Å². The van der Waals surface area contributed by atoms with Crippen molar-refractivity contribution >= 4 is 5.91 Å². The predicted molar refractivity (Wildman–Crippen MR) is 81.5 cm³/mol. The average Bonchev–Trinajstić information content (AvgIpc) is 2.98. The maximum atomic E-state index is 11.5. The molecule has 0 bridgehead atoms. The van der Waals surface area contributed by atoms with E-state index < -0.39 is 0 Å². The Labute approximate surface area is 122 Å². The second-order valence-electron chi connectivity index (χ2n) is 6.25. The summed E-state index contributed by atoms with van der Waals surface area (Å²) in [6.45, 7) is 6.63. The molecule has 1 atom stereocenters. The summed E-state index contributed by atoms with van der Waals surface area (Å²) in [6, 6.07) is 0.211. The molecule has 0 spiro atoms. The van der Waals surface area contributed by atoms with Crippen molar-refractivity contribution in [2.45, 2.75) is 38.1 Å². The quantitative estimate of drug-likeness (QED) is 0.733. The lowest BCUT2D eigenvalue weighted by molar-refractivity contribution is -0.121. The molecule has 0 aromatic rings. The van der Waals surface area contributed by atoms with Crippen LogP contribution >= 0.6 is 0 Å². The molecule has 2 aliphatic heterocycles. The van der Waals surface area contributed by atoms with Gasteiger partial charge in [0.15, 0.2) is 0 Å². The second-order valence-corrected chi connectivity index (χ2v) is 6.25. The van der Waals surface area contributed by atoms with Gasteiger partial charge in [-0.15, -0.1) is 0 Å². The van der Waals surface area contributed by atoms with Crippen molar-refractivity contribution < 1.29 is 4.79 Å². The minimum Gasteiger partial charge on any atom is -0.359 e. The van der Waals surface area contributed by atoms with Crippen molar-refractivity contribution in [3.8, 4) is 0 Å². The lowest BCUT2D eigenvalue weighted by Crippen LogP contribution is -2.48. The van der Waals surface area contributed by atoms with Gasteiger partial charge in [0, 0.05) is 32.6 Å². The normalized spacial score (nSPS) is 23.9. The van der Waals surface area contributed by atoms with Gasteiger partial charge in [0.25, 0.3) is 0 Å². The molecule has 5 nitrogen and oxygen atoms in total. The number of piperidine rings is 1. The zero-order valence-corrected chi connectivity index (χ0v) is 12.8. The van der Waals surface area contributed by atoms with E-state index in [9.17, 15) is 4.79 Å². The van der Waals surface area contributed by atoms with Gasteiger partial charge in [-0.25, -0.2) is 0 Å². The number of carbonyl (C=O) groups is 1. The number of nitrogens with one attached hydrogen (secondary N) is 1. The first-order valence-electron chi connectivity index (χ1n) is 8.10. The molecule has 116 valence electrons. The smallest absolute Gasteiger partial charge is 0.221 e. The number of rotatable bonds is 6. The maximum Gasteiger partial charge on any atom is 0.221 e. The third-order valence-electron chi connectivity index (χ3n) is 4.85. The molecule has 3 N–H and O–H groups in total. The van der Waals surface area contributed by atoms with Crippen molar-refractivity contribution in [3.63, 3.8) is 0 Å². The van der Waals surface area contributed by atoms with Crippen LogP contribution in [0.4, 0.5) is 0 Å². The number of amides is 1. The Hall–Kier alpha value is -0.650. The van der Waals surface area contributed by atoms with Crippen LogP contribution in [0.2, 0.25) is 0 Å². The van der Waals surface area contributed by atoms with Gasteiger partial charge in [-0.05, 0) is 57.8 Å². The van der Waals surface area contributed by atoms with Gasteiger partial charge in [-0.2, -0.15) is 0 Å². The maximum absolute atomic E-state index is 11.5. The number of nitrogens with zero attached hydrogens (tertiary/aromatic N) is 2. The fourth-order valence-electron chi connectivity index (χ4n) is 3.51. The number of likely N-dealkylation sites (tertiary alicyclic amines) is 2. The van der Waals surface area contributed by atoms with Crippen LogP contribution in [0, 0.1) is 5.92 Å². The molecule has 0 radical (unpaired) electrons. The topological polar surface area (TPSA) is 61.6 Å². The summed E-state index contributed by atoms with van der Waals surface area (Å²) in [5.74, 6) is 0.933. The third-order valence-corrected chi connectivity index (χ3v) is 4.85. The molecule has 2 fully saturated rings. The Morgan fingerprint density at radius 1 is 1.25 bits per heavy atom. The highest BCUT2D eigenvalue weighted by atomic mass is 16.1. The average molecular weight is 282 g/mol. The van der Waals surface area contributed by atoms with Crippen LogP contribution < -0.4 is 11.1 Å². The van der Waals surface area contributed by atoms with Crippen LogP contribution in [0.15, 0.2) is 0 Å². The van der Waals surface area contributed by atoms with Crippen LogP contribution in [0.1, 0.15) is 32.1 Å². The molecule has 0 aromatic carbocycles. The van der Waals surface area contributed by atoms with E-state index in [4.69, 9.17) is 5.73 Å². The fraction of sp³-hybridized carbons (Fsp3) is 0.933. The van der Waals surface area contributed by atoms with Crippen LogP contribution in [0.25, 0.3) is 0 Å². The van der Waals surface area contributed by atoms with Crippen LogP contribution in [-0.4, -0.2) is 68.1 Å². The highest BCUT2D eigenvalue weighted by Crippen LogP contribution is 2.22. The van der Waals surface area contributed by atoms with Gasteiger partial charge in [0.1, 0.15) is 0 Å². The molecule has 2 rings (SSSR count). The number of carbonyl (C=O) groups excluding carboxylic acids is 1. The number of nitrogens with two attached hydrogens (primary N) is 1. The number of hydrogen-bond donors (Lipinski definition) is 2. The van der Waals surface area contributed by atoms with Crippen molar-refractivity contribution in [2.75, 3.05) is 46.3 Å². The Morgan fingerprint density at radius 2 is 1.90 bits per heavy atom. The largest absolute Gasteiger partial charge is 0.359 e. The zero-order chi connectivity index (χ0) is 14.4. The Bertz CT molecular complexity index is 296. The van der Waals surface area contributed by atoms with E-state index in [2.05, 4.69) is 15.1 Å². The van der Waals surface area contributed by atoms with Crippen molar-refractivity contribution in [1.82, 2.24) is 15.1 Å². The Balaban J connectivity index is 1.72. The molecule has 5 heteroatoms. The highest BCUT2D eigenvalue weighted by Gasteiger charge is 2.27. The molecule has 1 unspecified atom stereocenters. The molecular weight excluding hydrogens is 252 g/mol. The van der Waals surface area contributed by atoms with Gasteiger partial charge in [-0.3, -0.25) is 9.69 Å². The van der Waals surface area contributed by atoms with Gasteiger partial charge in [0.2, 0.25) is 5.91 Å². The first-order valence-corrected chi connectivity index (χ1v) is 8.10. The van der Waals surface area contributed by atoms with E-state index in [0.717, 1.165) is 19.0 Å². The third kappa shape index (κ3) is 4.43. The first-order chi connectivity index (χ1) is 9.72. The van der Waals surface area contributed by atoms with Crippen LogP contribution in [-0.2, 0) is 4.79 Å². The minimum atomic E-state index is 0.0969. The minimum absolute atomic E-state index is 0.0969. The van der Waals surface area contributed by atoms with Gasteiger partial charge in [0.05, 0.1) is 0 Å². The fourth-order valence-corrected chi connectivity index (χ4v) is 3.51. The zero-order valence-electron chi connectivity index (χ0n) is 12.8. The van der Waals surface area contributed by atoms with Crippen molar-refractivity contribution in [3.05, 3.63) is 0 Å². The SMILES string of the molecule is CNC(=O)CC(CN)N1CCC(CN2CCCC2)CC1. The molecule has 1 amide bonds. The van der Waals surface area contributed by atoms with Crippen LogP contribution in [0.5, 0.6) is 0 Å². The standard InChI is InChI=1S/C15H30N4O/c1-17-15(20)10-14(11-16)19-8-4-13(5-9-19)12-18-6-2-3-7-18/h13-14H,2-12,16H2,1H3,(H,17,20). The molecule has 0 aliphatic carbocycles. The second kappa shape index (κ2) is 7.96. The summed E-state index contributed by atoms with van der Waals surface area (Å²) in [6.07, 6.45) is 5.78. The lowest BCUT2D eigenvalue weighted by Gasteiger charge is -2.38. The summed E-state index contributed by atoms with van der Waals surface area (Å²) in [4.78, 5) is 16.5. The number of hydrogen-bond acceptors (Lipinski definition) is 4. The van der Waals surface area contributed by atoms with Gasteiger partial charge < -0.3 is 16.0 Å².